The zero-order chi connectivity index (χ0) is 15.2. The number of methoxy groups -OCH3 is 1. The molecule has 0 aliphatic carbocycles. The molecule has 2 rings (SSSR count). The molecular weight excluding hydrogens is 265 g/mol. The van der Waals surface area contributed by atoms with Crippen molar-refractivity contribution in [1.82, 2.24) is 5.32 Å². The molecule has 0 saturated carbocycles. The second kappa shape index (κ2) is 7.23. The topological polar surface area (TPSA) is 21.3 Å². The maximum absolute atomic E-state index is 13.4. The van der Waals surface area contributed by atoms with Gasteiger partial charge in [0.1, 0.15) is 11.6 Å². The van der Waals surface area contributed by atoms with Crippen molar-refractivity contribution in [3.8, 4) is 5.75 Å². The van der Waals surface area contributed by atoms with Crippen molar-refractivity contribution in [3.63, 3.8) is 0 Å². The van der Waals surface area contributed by atoms with E-state index in [0.717, 1.165) is 17.7 Å². The van der Waals surface area contributed by atoms with Crippen LogP contribution in [-0.2, 0) is 0 Å². The molecule has 0 saturated heterocycles. The Morgan fingerprint density at radius 2 is 1.81 bits per heavy atom. The summed E-state index contributed by atoms with van der Waals surface area (Å²) in [5.74, 6) is 0.660. The standard InChI is InChI=1S/C18H22FNO/c1-4-18(15-6-5-7-16(19)12-15)20-13(2)14-8-10-17(21-3)11-9-14/h5-13,18,20H,4H2,1-3H3/t13-,18?/m1/s1. The summed E-state index contributed by atoms with van der Waals surface area (Å²) >= 11 is 0. The van der Waals surface area contributed by atoms with Crippen molar-refractivity contribution < 1.29 is 9.13 Å². The van der Waals surface area contributed by atoms with Crippen molar-refractivity contribution in [1.29, 1.82) is 0 Å². The van der Waals surface area contributed by atoms with Crippen LogP contribution in [0.25, 0.3) is 0 Å². The molecule has 0 spiro atoms. The van der Waals surface area contributed by atoms with Gasteiger partial charge in [0.05, 0.1) is 7.11 Å². The molecule has 0 bridgehead atoms. The average molecular weight is 287 g/mol. The monoisotopic (exact) mass is 287 g/mol. The van der Waals surface area contributed by atoms with E-state index >= 15 is 0 Å². The average Bonchev–Trinajstić information content (AvgIpc) is 2.52. The first-order valence-corrected chi connectivity index (χ1v) is 7.29. The Morgan fingerprint density at radius 1 is 1.10 bits per heavy atom. The maximum Gasteiger partial charge on any atom is 0.123 e. The molecule has 1 unspecified atom stereocenters. The SMILES string of the molecule is CCC(N[C@H](C)c1ccc(OC)cc1)c1cccc(F)c1. The van der Waals surface area contributed by atoms with Crippen LogP contribution in [0.3, 0.4) is 0 Å². The van der Waals surface area contributed by atoms with E-state index in [4.69, 9.17) is 4.74 Å². The van der Waals surface area contributed by atoms with E-state index < -0.39 is 0 Å². The second-order valence-electron chi connectivity index (χ2n) is 5.18. The van der Waals surface area contributed by atoms with Crippen LogP contribution in [0.5, 0.6) is 5.75 Å². The van der Waals surface area contributed by atoms with Gasteiger partial charge >= 0.3 is 0 Å². The van der Waals surface area contributed by atoms with Gasteiger partial charge in [-0.25, -0.2) is 4.39 Å². The second-order valence-corrected chi connectivity index (χ2v) is 5.18. The molecular formula is C18H22FNO. The smallest absolute Gasteiger partial charge is 0.123 e. The van der Waals surface area contributed by atoms with Crippen LogP contribution in [0.15, 0.2) is 48.5 Å². The molecule has 2 aromatic rings. The number of halogens is 1. The van der Waals surface area contributed by atoms with Crippen molar-refractivity contribution >= 4 is 0 Å². The van der Waals surface area contributed by atoms with Gasteiger partial charge in [0.25, 0.3) is 0 Å². The summed E-state index contributed by atoms with van der Waals surface area (Å²) in [7, 11) is 1.66. The van der Waals surface area contributed by atoms with Gasteiger partial charge in [-0.1, -0.05) is 31.2 Å². The molecule has 21 heavy (non-hydrogen) atoms. The molecule has 0 aliphatic rings. The molecule has 0 aliphatic heterocycles. The van der Waals surface area contributed by atoms with Crippen molar-refractivity contribution in [2.45, 2.75) is 32.4 Å². The Labute approximate surface area is 126 Å². The van der Waals surface area contributed by atoms with Crippen molar-refractivity contribution in [3.05, 3.63) is 65.5 Å². The predicted octanol–water partition coefficient (Wildman–Crippen LogP) is 4.64. The highest BCUT2D eigenvalue weighted by Crippen LogP contribution is 2.24. The van der Waals surface area contributed by atoms with Crippen LogP contribution < -0.4 is 10.1 Å². The number of hydrogen-bond acceptors (Lipinski definition) is 2. The van der Waals surface area contributed by atoms with E-state index in [0.29, 0.717) is 0 Å². The molecule has 112 valence electrons. The number of ether oxygens (including phenoxy) is 1. The van der Waals surface area contributed by atoms with Crippen molar-refractivity contribution in [2.24, 2.45) is 0 Å². The molecule has 0 fully saturated rings. The van der Waals surface area contributed by atoms with Gasteiger partial charge in [-0.3, -0.25) is 0 Å². The van der Waals surface area contributed by atoms with E-state index in [-0.39, 0.29) is 17.9 Å². The fourth-order valence-electron chi connectivity index (χ4n) is 2.46. The first kappa shape index (κ1) is 15.5. The highest BCUT2D eigenvalue weighted by molar-refractivity contribution is 5.29. The van der Waals surface area contributed by atoms with E-state index in [1.165, 1.54) is 11.6 Å². The van der Waals surface area contributed by atoms with Crippen LogP contribution in [0.4, 0.5) is 4.39 Å². The van der Waals surface area contributed by atoms with E-state index in [9.17, 15) is 4.39 Å². The number of rotatable bonds is 6. The zero-order valence-corrected chi connectivity index (χ0v) is 12.8. The summed E-state index contributed by atoms with van der Waals surface area (Å²) in [6.07, 6.45) is 0.907. The van der Waals surface area contributed by atoms with Crippen molar-refractivity contribution in [2.75, 3.05) is 7.11 Å². The number of benzene rings is 2. The summed E-state index contributed by atoms with van der Waals surface area (Å²) in [6, 6.07) is 15.1. The Balaban J connectivity index is 2.10. The minimum absolute atomic E-state index is 0.137. The predicted molar refractivity (Wildman–Crippen MR) is 84.0 cm³/mol. The van der Waals surface area contributed by atoms with Crippen LogP contribution in [0.2, 0.25) is 0 Å². The number of nitrogens with one attached hydrogen (secondary N) is 1. The molecule has 0 heterocycles. The van der Waals surface area contributed by atoms with Crippen LogP contribution in [0.1, 0.15) is 43.5 Å². The summed E-state index contributed by atoms with van der Waals surface area (Å²) < 4.78 is 18.5. The first-order valence-electron chi connectivity index (χ1n) is 7.29. The Morgan fingerprint density at radius 3 is 2.38 bits per heavy atom. The Hall–Kier alpha value is -1.87. The zero-order valence-electron chi connectivity index (χ0n) is 12.8. The molecule has 0 amide bonds. The van der Waals surface area contributed by atoms with Crippen LogP contribution >= 0.6 is 0 Å². The lowest BCUT2D eigenvalue weighted by molar-refractivity contribution is 0.413. The van der Waals surface area contributed by atoms with E-state index in [1.54, 1.807) is 19.2 Å². The number of hydrogen-bond donors (Lipinski definition) is 1. The first-order chi connectivity index (χ1) is 10.1. The van der Waals surface area contributed by atoms with Crippen LogP contribution in [0, 0.1) is 5.82 Å². The third kappa shape index (κ3) is 4.05. The van der Waals surface area contributed by atoms with E-state index in [2.05, 4.69) is 31.3 Å². The van der Waals surface area contributed by atoms with E-state index in [1.807, 2.05) is 18.2 Å². The summed E-state index contributed by atoms with van der Waals surface area (Å²) in [5, 5.41) is 3.56. The van der Waals surface area contributed by atoms with Gasteiger partial charge < -0.3 is 10.1 Å². The Kier molecular flexibility index (Phi) is 5.34. The fraction of sp³-hybridized carbons (Fsp3) is 0.333. The van der Waals surface area contributed by atoms with Gasteiger partial charge in [0.2, 0.25) is 0 Å². The molecule has 2 atom stereocenters. The third-order valence-corrected chi connectivity index (χ3v) is 3.73. The minimum Gasteiger partial charge on any atom is -0.497 e. The molecule has 3 heteroatoms. The quantitative estimate of drug-likeness (QED) is 0.836. The summed E-state index contributed by atoms with van der Waals surface area (Å²) in [4.78, 5) is 0. The largest absolute Gasteiger partial charge is 0.497 e. The summed E-state index contributed by atoms with van der Waals surface area (Å²) in [5.41, 5.74) is 2.17. The van der Waals surface area contributed by atoms with Gasteiger partial charge in [0, 0.05) is 12.1 Å². The highest BCUT2D eigenvalue weighted by Gasteiger charge is 2.14. The molecule has 0 radical (unpaired) electrons. The lowest BCUT2D eigenvalue weighted by Crippen LogP contribution is -2.24. The van der Waals surface area contributed by atoms with Gasteiger partial charge in [-0.2, -0.15) is 0 Å². The Bertz CT molecular complexity index is 568. The highest BCUT2D eigenvalue weighted by atomic mass is 19.1. The lowest BCUT2D eigenvalue weighted by Gasteiger charge is -2.23. The fourth-order valence-corrected chi connectivity index (χ4v) is 2.46. The van der Waals surface area contributed by atoms with Gasteiger partial charge in [-0.05, 0) is 48.7 Å². The lowest BCUT2D eigenvalue weighted by atomic mass is 10.0. The maximum atomic E-state index is 13.4. The molecule has 2 aromatic carbocycles. The normalized spacial score (nSPS) is 13.7. The van der Waals surface area contributed by atoms with Crippen LogP contribution in [-0.4, -0.2) is 7.11 Å². The van der Waals surface area contributed by atoms with Gasteiger partial charge in [0.15, 0.2) is 0 Å². The van der Waals surface area contributed by atoms with Gasteiger partial charge in [-0.15, -0.1) is 0 Å². The molecule has 0 aromatic heterocycles. The minimum atomic E-state index is -0.190. The molecule has 1 N–H and O–H groups in total. The summed E-state index contributed by atoms with van der Waals surface area (Å²) in [6.45, 7) is 4.22. The molecule has 2 nitrogen and oxygen atoms in total. The third-order valence-electron chi connectivity index (χ3n) is 3.73.